The number of ether oxygens (including phenoxy) is 2. The molecule has 2 unspecified atom stereocenters. The third-order valence-corrected chi connectivity index (χ3v) is 6.57. The third-order valence-electron chi connectivity index (χ3n) is 6.30. The van der Waals surface area contributed by atoms with Gasteiger partial charge >= 0.3 is 0 Å². The van der Waals surface area contributed by atoms with Gasteiger partial charge < -0.3 is 26.3 Å². The van der Waals surface area contributed by atoms with E-state index in [9.17, 15) is 0 Å². The molecule has 0 radical (unpaired) electrons. The van der Waals surface area contributed by atoms with Crippen LogP contribution in [0.1, 0.15) is 64.0 Å². The molecule has 0 aliphatic carbocycles. The lowest BCUT2D eigenvalue weighted by Crippen LogP contribution is -2.53. The molecule has 7 heteroatoms. The molecular formula is C28H46ClN4O2+. The van der Waals surface area contributed by atoms with Crippen LogP contribution in [-0.2, 0) is 13.0 Å². The van der Waals surface area contributed by atoms with Crippen LogP contribution in [0.3, 0.4) is 0 Å². The maximum absolute atomic E-state index is 6.39. The Morgan fingerprint density at radius 3 is 2.14 bits per heavy atom. The van der Waals surface area contributed by atoms with Crippen LogP contribution < -0.4 is 26.3 Å². The molecule has 0 saturated carbocycles. The van der Waals surface area contributed by atoms with Gasteiger partial charge in [0, 0.05) is 31.3 Å². The fraction of sp³-hybridized carbons (Fsp3) is 0.571. The summed E-state index contributed by atoms with van der Waals surface area (Å²) < 4.78 is 11.7. The first-order chi connectivity index (χ1) is 16.9. The van der Waals surface area contributed by atoms with Crippen LogP contribution in [0.15, 0.2) is 42.5 Å². The van der Waals surface area contributed by atoms with E-state index in [1.165, 1.54) is 11.1 Å². The molecular weight excluding hydrogens is 460 g/mol. The van der Waals surface area contributed by atoms with E-state index in [4.69, 9.17) is 32.5 Å². The molecule has 35 heavy (non-hydrogen) atoms. The molecule has 0 spiro atoms. The first-order valence-corrected chi connectivity index (χ1v) is 13.3. The van der Waals surface area contributed by atoms with E-state index in [0.717, 1.165) is 61.6 Å². The summed E-state index contributed by atoms with van der Waals surface area (Å²) in [6.45, 7) is 8.54. The predicted octanol–water partition coefficient (Wildman–Crippen LogP) is 4.35. The van der Waals surface area contributed by atoms with Gasteiger partial charge in [-0.3, -0.25) is 4.90 Å². The zero-order valence-corrected chi connectivity index (χ0v) is 22.8. The molecule has 0 heterocycles. The van der Waals surface area contributed by atoms with Crippen LogP contribution in [0.25, 0.3) is 0 Å². The molecule has 0 aliphatic rings. The number of rotatable bonds is 17. The highest BCUT2D eigenvalue weighted by molar-refractivity contribution is 5.43. The van der Waals surface area contributed by atoms with Crippen LogP contribution >= 0.6 is 0 Å². The highest BCUT2D eigenvalue weighted by Crippen LogP contribution is 2.29. The molecule has 196 valence electrons. The van der Waals surface area contributed by atoms with Crippen LogP contribution in [0.5, 0.6) is 11.5 Å². The van der Waals surface area contributed by atoms with Crippen LogP contribution in [0.2, 0.25) is 5.02 Å². The summed E-state index contributed by atoms with van der Waals surface area (Å²) in [4.78, 5) is 2.16. The zero-order chi connectivity index (χ0) is 25.6. The molecule has 0 fully saturated rings. The lowest BCUT2D eigenvalue weighted by Gasteiger charge is -2.34. The Morgan fingerprint density at radius 2 is 1.54 bits per heavy atom. The number of benzene rings is 2. The molecule has 0 aliphatic heterocycles. The van der Waals surface area contributed by atoms with Crippen molar-refractivity contribution >= 4 is 0 Å². The van der Waals surface area contributed by atoms with Gasteiger partial charge in [0.2, 0.25) is 5.02 Å². The van der Waals surface area contributed by atoms with Crippen molar-refractivity contribution in [1.29, 1.82) is 0 Å². The highest BCUT2D eigenvalue weighted by Gasteiger charge is 2.20. The maximum Gasteiger partial charge on any atom is 0.225 e. The van der Waals surface area contributed by atoms with Crippen molar-refractivity contribution in [3.63, 3.8) is 0 Å². The Hall–Kier alpha value is -1.83. The minimum absolute atomic E-state index is 0.0500. The second kappa shape index (κ2) is 16.0. The number of hydrogen-bond donors (Lipinski definition) is 3. The second-order valence-electron chi connectivity index (χ2n) is 9.25. The van der Waals surface area contributed by atoms with Crippen molar-refractivity contribution in [2.24, 2.45) is 11.5 Å². The fourth-order valence-corrected chi connectivity index (χ4v) is 4.27. The van der Waals surface area contributed by atoms with Gasteiger partial charge in [0.25, 0.3) is 0 Å². The first-order valence-electron chi connectivity index (χ1n) is 12.9. The molecule has 2 rings (SSSR count). The molecule has 3 atom stereocenters. The molecule has 0 aromatic heterocycles. The Kier molecular flexibility index (Phi) is 13.5. The van der Waals surface area contributed by atoms with Gasteiger partial charge in [-0.15, -0.1) is 0 Å². The molecule has 2 aromatic rings. The van der Waals surface area contributed by atoms with Crippen LogP contribution in [-0.4, -0.2) is 43.5 Å². The van der Waals surface area contributed by atoms with Crippen LogP contribution in [0.4, 0.5) is 0 Å². The molecule has 0 saturated heterocycles. The van der Waals surface area contributed by atoms with Crippen molar-refractivity contribution in [1.82, 2.24) is 10.2 Å². The van der Waals surface area contributed by atoms with E-state index in [1.54, 1.807) is 7.11 Å². The third kappa shape index (κ3) is 10.4. The summed E-state index contributed by atoms with van der Waals surface area (Å²) in [5.74, 6) is 1.51. The lowest BCUT2D eigenvalue weighted by atomic mass is 10.1. The molecule has 5 N–H and O–H groups in total. The zero-order valence-electron chi connectivity index (χ0n) is 22.0. The minimum atomic E-state index is -0.0500. The van der Waals surface area contributed by atoms with Gasteiger partial charge in [-0.25, -0.2) is 0 Å². The summed E-state index contributed by atoms with van der Waals surface area (Å²) >= 11 is 5.16. The normalized spacial score (nSPS) is 14.1. The van der Waals surface area contributed by atoms with E-state index >= 15 is 0 Å². The van der Waals surface area contributed by atoms with Gasteiger partial charge in [-0.2, -0.15) is 0 Å². The van der Waals surface area contributed by atoms with Crippen molar-refractivity contribution in [2.75, 3.05) is 20.3 Å². The largest absolute Gasteiger partial charge is 0.493 e. The lowest BCUT2D eigenvalue weighted by molar-refractivity contribution is -0.288. The maximum atomic E-state index is 6.39. The summed E-state index contributed by atoms with van der Waals surface area (Å²) in [5.41, 5.74) is 15.3. The highest BCUT2D eigenvalue weighted by atomic mass is 35.5. The average Bonchev–Trinajstić information content (AvgIpc) is 2.85. The van der Waals surface area contributed by atoms with Crippen molar-refractivity contribution < 1.29 is 21.1 Å². The standard InChI is InChI=1S/C28H46ClN4O2/c1-5-7-27(30)33(28(31)8-6-2)17-18-35-25-16-13-22(19-26(25)34-4)10-9-21(3)32-20-23-11-14-24(29)15-12-23/h11-16,19,21,27-29,32H,5-10,17-18,20,30-31H2,1-4H3/q+1/t21-,27?,28?/m1/s1. The van der Waals surface area contributed by atoms with E-state index in [1.807, 2.05) is 18.2 Å². The molecule has 2 aromatic carbocycles. The smallest absolute Gasteiger partial charge is 0.225 e. The Labute approximate surface area is 217 Å². The predicted molar refractivity (Wildman–Crippen MR) is 143 cm³/mol. The number of nitrogens with zero attached hydrogens (tertiary/aromatic N) is 1. The Bertz CT molecular complexity index is 837. The van der Waals surface area contributed by atoms with E-state index in [-0.39, 0.29) is 12.3 Å². The number of methoxy groups -OCH3 is 1. The summed E-state index contributed by atoms with van der Waals surface area (Å²) in [6.07, 6.45) is 5.79. The van der Waals surface area contributed by atoms with E-state index < -0.39 is 0 Å². The van der Waals surface area contributed by atoms with Crippen molar-refractivity contribution in [2.45, 2.75) is 84.2 Å². The summed E-state index contributed by atoms with van der Waals surface area (Å²) in [5, 5.41) is 4.46. The van der Waals surface area contributed by atoms with Gasteiger partial charge in [-0.1, -0.05) is 44.9 Å². The van der Waals surface area contributed by atoms with Crippen molar-refractivity contribution in [3.8, 4) is 11.5 Å². The Balaban J connectivity index is 1.86. The number of nitrogens with one attached hydrogen (secondary N) is 1. The number of hydrogen-bond acceptors (Lipinski definition) is 6. The summed E-state index contributed by atoms with van der Waals surface area (Å²) in [6, 6.07) is 14.7. The van der Waals surface area contributed by atoms with Crippen LogP contribution in [0, 0.1) is 11.6 Å². The van der Waals surface area contributed by atoms with Gasteiger partial charge in [0.15, 0.2) is 23.1 Å². The number of halogens is 1. The molecule has 0 amide bonds. The first kappa shape index (κ1) is 29.4. The molecule has 6 nitrogen and oxygen atoms in total. The Morgan fingerprint density at radius 1 is 0.914 bits per heavy atom. The summed E-state index contributed by atoms with van der Waals surface area (Å²) in [7, 11) is 1.69. The SMILES string of the molecule is CCCC(N)N(CCOc1ccc(CC[C@@H](C)NCc2ccc([ClH+])cc2)cc1OC)C(N)CCC. The average molecular weight is 506 g/mol. The van der Waals surface area contributed by atoms with E-state index in [2.05, 4.69) is 55.3 Å². The second-order valence-corrected chi connectivity index (χ2v) is 9.72. The number of aryl methyl sites for hydroxylation is 1. The quantitative estimate of drug-likeness (QED) is 0.277. The molecule has 0 bridgehead atoms. The van der Waals surface area contributed by atoms with Gasteiger partial charge in [0.05, 0.1) is 19.4 Å². The number of nitrogens with two attached hydrogens (primary N) is 2. The minimum Gasteiger partial charge on any atom is -0.493 e. The van der Waals surface area contributed by atoms with Gasteiger partial charge in [0.1, 0.15) is 6.61 Å². The topological polar surface area (TPSA) is 85.8 Å². The van der Waals surface area contributed by atoms with Crippen molar-refractivity contribution in [3.05, 3.63) is 58.6 Å². The van der Waals surface area contributed by atoms with Gasteiger partial charge in [-0.05, 0) is 55.9 Å². The fourth-order valence-electron chi connectivity index (χ4n) is 4.13. The monoisotopic (exact) mass is 505 g/mol. The van der Waals surface area contributed by atoms with E-state index in [0.29, 0.717) is 19.2 Å².